The number of carbonyl (C=O) groups excluding carboxylic acids is 2. The van der Waals surface area contributed by atoms with Crippen molar-refractivity contribution in [1.82, 2.24) is 15.1 Å². The molecule has 1 aliphatic rings. The van der Waals surface area contributed by atoms with E-state index in [0.29, 0.717) is 42.7 Å². The van der Waals surface area contributed by atoms with E-state index in [9.17, 15) is 9.59 Å². The third-order valence-corrected chi connectivity index (χ3v) is 6.43. The Morgan fingerprint density at radius 2 is 1.84 bits per heavy atom. The lowest BCUT2D eigenvalue weighted by molar-refractivity contribution is 0.0766. The molecule has 3 rings (SSSR count). The summed E-state index contributed by atoms with van der Waals surface area (Å²) >= 11 is 0. The average molecular weight is 436 g/mol. The Morgan fingerprint density at radius 3 is 2.53 bits per heavy atom. The molecule has 0 aromatic heterocycles. The highest BCUT2D eigenvalue weighted by atomic mass is 16.2. The first kappa shape index (κ1) is 24.0. The van der Waals surface area contributed by atoms with Crippen LogP contribution in [0.4, 0.5) is 0 Å². The van der Waals surface area contributed by atoms with E-state index >= 15 is 0 Å². The summed E-state index contributed by atoms with van der Waals surface area (Å²) in [6.45, 7) is 12.9. The molecular weight excluding hydrogens is 398 g/mol. The van der Waals surface area contributed by atoms with Crippen LogP contribution in [0.5, 0.6) is 0 Å². The van der Waals surface area contributed by atoms with Crippen molar-refractivity contribution in [2.45, 2.75) is 59.7 Å². The number of amides is 2. The summed E-state index contributed by atoms with van der Waals surface area (Å²) in [5.74, 6) is 0.499. The van der Waals surface area contributed by atoms with Crippen molar-refractivity contribution in [1.29, 1.82) is 0 Å². The molecule has 32 heavy (non-hydrogen) atoms. The number of benzene rings is 2. The minimum atomic E-state index is -0.110. The Balaban J connectivity index is 1.53. The van der Waals surface area contributed by atoms with Crippen molar-refractivity contribution in [2.75, 3.05) is 19.6 Å². The van der Waals surface area contributed by atoms with Crippen LogP contribution in [0.2, 0.25) is 0 Å². The molecule has 1 heterocycles. The second-order valence-electron chi connectivity index (χ2n) is 9.15. The summed E-state index contributed by atoms with van der Waals surface area (Å²) in [7, 11) is 0. The molecule has 0 aliphatic carbocycles. The molecule has 1 aliphatic heterocycles. The van der Waals surface area contributed by atoms with Gasteiger partial charge in [0.15, 0.2) is 0 Å². The van der Waals surface area contributed by atoms with Gasteiger partial charge >= 0.3 is 0 Å². The zero-order chi connectivity index (χ0) is 23.1. The summed E-state index contributed by atoms with van der Waals surface area (Å²) in [5, 5.41) is 3.03. The van der Waals surface area contributed by atoms with Crippen LogP contribution < -0.4 is 5.32 Å². The van der Waals surface area contributed by atoms with Gasteiger partial charge in [0.05, 0.1) is 0 Å². The molecule has 1 unspecified atom stereocenters. The van der Waals surface area contributed by atoms with Crippen molar-refractivity contribution in [3.63, 3.8) is 0 Å². The molecule has 1 N–H and O–H groups in total. The number of hydrogen-bond donors (Lipinski definition) is 1. The SMILES string of the molecule is CCCN(CCCNC(=O)c1ccc2c(c1)C(=O)N(Cc1ccccc1)C2)C(C)C(C)C. The highest BCUT2D eigenvalue weighted by molar-refractivity contribution is 6.02. The molecule has 5 nitrogen and oxygen atoms in total. The van der Waals surface area contributed by atoms with Crippen molar-refractivity contribution in [3.05, 3.63) is 70.8 Å². The Hall–Kier alpha value is -2.66. The van der Waals surface area contributed by atoms with E-state index in [1.807, 2.05) is 47.4 Å². The number of rotatable bonds is 11. The van der Waals surface area contributed by atoms with E-state index in [0.717, 1.165) is 37.1 Å². The number of nitrogens with one attached hydrogen (secondary N) is 1. The molecule has 172 valence electrons. The van der Waals surface area contributed by atoms with Gasteiger partial charge in [0.25, 0.3) is 11.8 Å². The number of nitrogens with zero attached hydrogens (tertiary/aromatic N) is 2. The largest absolute Gasteiger partial charge is 0.352 e. The molecule has 0 bridgehead atoms. The minimum absolute atomic E-state index is 0.00335. The van der Waals surface area contributed by atoms with Crippen LogP contribution in [0.1, 0.15) is 72.4 Å². The fourth-order valence-corrected chi connectivity index (χ4v) is 4.25. The van der Waals surface area contributed by atoms with Crippen molar-refractivity contribution >= 4 is 11.8 Å². The summed E-state index contributed by atoms with van der Waals surface area (Å²) in [6, 6.07) is 16.0. The van der Waals surface area contributed by atoms with Gasteiger partial charge in [-0.1, -0.05) is 57.2 Å². The second-order valence-corrected chi connectivity index (χ2v) is 9.15. The van der Waals surface area contributed by atoms with E-state index in [4.69, 9.17) is 0 Å². The van der Waals surface area contributed by atoms with Gasteiger partial charge in [0, 0.05) is 43.3 Å². The molecule has 1 atom stereocenters. The standard InChI is InChI=1S/C27H37N3O2/c1-5-15-29(21(4)20(2)3)16-9-14-28-26(31)23-12-13-24-19-30(27(32)25(24)17-23)18-22-10-7-6-8-11-22/h6-8,10-13,17,20-21H,5,9,14-16,18-19H2,1-4H3,(H,28,31). The predicted molar refractivity (Wildman–Crippen MR) is 130 cm³/mol. The van der Waals surface area contributed by atoms with E-state index in [-0.39, 0.29) is 11.8 Å². The molecule has 0 saturated heterocycles. The minimum Gasteiger partial charge on any atom is -0.352 e. The van der Waals surface area contributed by atoms with Gasteiger partial charge < -0.3 is 15.1 Å². The summed E-state index contributed by atoms with van der Waals surface area (Å²) < 4.78 is 0. The Labute approximate surface area is 192 Å². The molecule has 5 heteroatoms. The van der Waals surface area contributed by atoms with E-state index in [1.54, 1.807) is 6.07 Å². The van der Waals surface area contributed by atoms with Crippen LogP contribution in [0.25, 0.3) is 0 Å². The molecule has 2 aromatic carbocycles. The fourth-order valence-electron chi connectivity index (χ4n) is 4.25. The Morgan fingerprint density at radius 1 is 1.09 bits per heavy atom. The van der Waals surface area contributed by atoms with Crippen LogP contribution in [0.3, 0.4) is 0 Å². The first-order chi connectivity index (χ1) is 15.4. The third kappa shape index (κ3) is 5.98. The maximum Gasteiger partial charge on any atom is 0.254 e. The summed E-state index contributed by atoms with van der Waals surface area (Å²) in [5.41, 5.74) is 3.30. The van der Waals surface area contributed by atoms with Gasteiger partial charge in [-0.15, -0.1) is 0 Å². The molecule has 2 amide bonds. The first-order valence-electron chi connectivity index (χ1n) is 11.9. The van der Waals surface area contributed by atoms with Crippen LogP contribution >= 0.6 is 0 Å². The first-order valence-corrected chi connectivity index (χ1v) is 11.9. The molecular formula is C27H37N3O2. The zero-order valence-corrected chi connectivity index (χ0v) is 19.9. The lowest BCUT2D eigenvalue weighted by atomic mass is 10.0. The lowest BCUT2D eigenvalue weighted by Crippen LogP contribution is -2.39. The van der Waals surface area contributed by atoms with Crippen molar-refractivity contribution in [3.8, 4) is 0 Å². The van der Waals surface area contributed by atoms with E-state index in [2.05, 4.69) is 37.9 Å². The normalized spacial score (nSPS) is 14.2. The summed E-state index contributed by atoms with van der Waals surface area (Å²) in [4.78, 5) is 29.9. The summed E-state index contributed by atoms with van der Waals surface area (Å²) in [6.07, 6.45) is 2.05. The van der Waals surface area contributed by atoms with Crippen LogP contribution in [0.15, 0.2) is 48.5 Å². The Kier molecular flexibility index (Phi) is 8.46. The Bertz CT molecular complexity index is 910. The number of carbonyl (C=O) groups is 2. The van der Waals surface area contributed by atoms with Gasteiger partial charge in [0.2, 0.25) is 0 Å². The van der Waals surface area contributed by atoms with Gasteiger partial charge in [-0.3, -0.25) is 9.59 Å². The van der Waals surface area contributed by atoms with Crippen molar-refractivity contribution < 1.29 is 9.59 Å². The highest BCUT2D eigenvalue weighted by Gasteiger charge is 2.28. The van der Waals surface area contributed by atoms with Gasteiger partial charge in [-0.2, -0.15) is 0 Å². The molecule has 0 fully saturated rings. The topological polar surface area (TPSA) is 52.7 Å². The quantitative estimate of drug-likeness (QED) is 0.520. The number of fused-ring (bicyclic) bond motifs is 1. The van der Waals surface area contributed by atoms with Gasteiger partial charge in [-0.05, 0) is 55.5 Å². The molecule has 0 saturated carbocycles. The van der Waals surface area contributed by atoms with Crippen LogP contribution in [0, 0.1) is 5.92 Å². The molecule has 2 aromatic rings. The average Bonchev–Trinajstić information content (AvgIpc) is 3.10. The lowest BCUT2D eigenvalue weighted by Gasteiger charge is -2.31. The smallest absolute Gasteiger partial charge is 0.254 e. The van der Waals surface area contributed by atoms with E-state index < -0.39 is 0 Å². The van der Waals surface area contributed by atoms with E-state index in [1.165, 1.54) is 0 Å². The maximum absolute atomic E-state index is 12.9. The zero-order valence-electron chi connectivity index (χ0n) is 19.9. The van der Waals surface area contributed by atoms with Crippen LogP contribution in [-0.4, -0.2) is 47.3 Å². The highest BCUT2D eigenvalue weighted by Crippen LogP contribution is 2.25. The molecule has 0 spiro atoms. The van der Waals surface area contributed by atoms with Crippen molar-refractivity contribution in [2.24, 2.45) is 5.92 Å². The van der Waals surface area contributed by atoms with Gasteiger partial charge in [0.1, 0.15) is 0 Å². The van der Waals surface area contributed by atoms with Gasteiger partial charge in [-0.25, -0.2) is 0 Å². The maximum atomic E-state index is 12.9. The third-order valence-electron chi connectivity index (χ3n) is 6.43. The fraction of sp³-hybridized carbons (Fsp3) is 0.481. The monoisotopic (exact) mass is 435 g/mol. The second kappa shape index (κ2) is 11.3. The number of hydrogen-bond acceptors (Lipinski definition) is 3. The predicted octanol–water partition coefficient (Wildman–Crippen LogP) is 4.72. The molecule has 0 radical (unpaired) electrons. The van der Waals surface area contributed by atoms with Crippen LogP contribution in [-0.2, 0) is 13.1 Å².